The Kier molecular flexibility index (Phi) is 11.7. The van der Waals surface area contributed by atoms with Gasteiger partial charge in [-0.2, -0.15) is 11.3 Å². The number of benzene rings is 5. The Morgan fingerprint density at radius 2 is 1.47 bits per heavy atom. The molecular formula is C47H40IrN2S-2. The fourth-order valence-corrected chi connectivity index (χ4v) is 7.53. The summed E-state index contributed by atoms with van der Waals surface area (Å²) in [5.41, 5.74) is 13.1. The number of aryl methyl sites for hydroxylation is 2. The van der Waals surface area contributed by atoms with Crippen LogP contribution in [-0.4, -0.2) is 9.97 Å². The van der Waals surface area contributed by atoms with Crippen molar-refractivity contribution in [3.8, 4) is 33.6 Å². The van der Waals surface area contributed by atoms with Gasteiger partial charge < -0.3 is 9.97 Å². The molecule has 0 fully saturated rings. The second-order valence-electron chi connectivity index (χ2n) is 13.4. The van der Waals surface area contributed by atoms with Gasteiger partial charge in [0.05, 0.1) is 0 Å². The van der Waals surface area contributed by atoms with Gasteiger partial charge in [-0.1, -0.05) is 111 Å². The average molecular weight is 857 g/mol. The standard InChI is InChI=1S/C30H20NS.C17H20N.Ir/c1-3-8-21(9-4-1)18-22-16-17-31-28(19-22)26-13-7-12-25-27-20-24(23-10-5-2-6-11-23)14-15-29(27)32-30(25)26;1-12(2)9-16-11-18-17(10-14(16)4)15-7-5-13(3)6-8-15;/h1-12,14-17,19-20H,18H2;5-7,10-12H,9H2,1-4H3;/q2*-1;. The number of nitrogens with zero attached hydrogens (tertiary/aromatic N) is 2. The van der Waals surface area contributed by atoms with Crippen LogP contribution < -0.4 is 0 Å². The minimum atomic E-state index is 0. The first kappa shape index (κ1) is 36.1. The summed E-state index contributed by atoms with van der Waals surface area (Å²) in [5.74, 6) is 0.669. The fraction of sp³-hybridized carbons (Fsp3) is 0.149. The summed E-state index contributed by atoms with van der Waals surface area (Å²) in [4.78, 5) is 9.27. The van der Waals surface area contributed by atoms with E-state index in [0.29, 0.717) is 5.92 Å². The molecule has 0 saturated heterocycles. The van der Waals surface area contributed by atoms with Crippen molar-refractivity contribution in [3.63, 3.8) is 0 Å². The van der Waals surface area contributed by atoms with Crippen molar-refractivity contribution in [2.45, 2.75) is 40.5 Å². The van der Waals surface area contributed by atoms with Crippen molar-refractivity contribution in [1.29, 1.82) is 0 Å². The molecule has 0 bridgehead atoms. The predicted molar refractivity (Wildman–Crippen MR) is 213 cm³/mol. The number of hydrogen-bond donors (Lipinski definition) is 0. The van der Waals surface area contributed by atoms with Gasteiger partial charge >= 0.3 is 0 Å². The first-order valence-electron chi connectivity index (χ1n) is 17.3. The maximum atomic E-state index is 4.71. The van der Waals surface area contributed by atoms with Crippen LogP contribution in [0.1, 0.15) is 41.7 Å². The molecule has 3 heterocycles. The van der Waals surface area contributed by atoms with E-state index < -0.39 is 0 Å². The topological polar surface area (TPSA) is 25.8 Å². The van der Waals surface area contributed by atoms with E-state index in [0.717, 1.165) is 35.4 Å². The molecule has 0 atom stereocenters. The quantitative estimate of drug-likeness (QED) is 0.149. The van der Waals surface area contributed by atoms with Crippen molar-refractivity contribution in [2.75, 3.05) is 0 Å². The fourth-order valence-electron chi connectivity index (χ4n) is 6.34. The molecule has 2 nitrogen and oxygen atoms in total. The number of aromatic nitrogens is 2. The molecule has 8 aromatic rings. The van der Waals surface area contributed by atoms with Crippen LogP contribution in [0.3, 0.4) is 0 Å². The molecule has 0 spiro atoms. The summed E-state index contributed by atoms with van der Waals surface area (Å²) in [7, 11) is 0. The monoisotopic (exact) mass is 857 g/mol. The number of pyridine rings is 2. The molecule has 5 aromatic carbocycles. The van der Waals surface area contributed by atoms with E-state index in [2.05, 4.69) is 160 Å². The van der Waals surface area contributed by atoms with E-state index in [1.165, 1.54) is 59.1 Å². The zero-order valence-electron chi connectivity index (χ0n) is 29.4. The van der Waals surface area contributed by atoms with Crippen molar-refractivity contribution in [3.05, 3.63) is 180 Å². The molecule has 0 aliphatic carbocycles. The molecule has 3 aromatic heterocycles. The van der Waals surface area contributed by atoms with E-state index >= 15 is 0 Å². The van der Waals surface area contributed by atoms with E-state index in [4.69, 9.17) is 4.98 Å². The van der Waals surface area contributed by atoms with Gasteiger partial charge in [0.25, 0.3) is 0 Å². The smallest absolute Gasteiger partial charge is 0.0240 e. The largest absolute Gasteiger partial charge is 0.305 e. The maximum absolute atomic E-state index is 4.71. The van der Waals surface area contributed by atoms with E-state index in [1.54, 1.807) is 0 Å². The van der Waals surface area contributed by atoms with Gasteiger partial charge in [-0.15, -0.1) is 59.2 Å². The van der Waals surface area contributed by atoms with Gasteiger partial charge in [-0.25, -0.2) is 0 Å². The summed E-state index contributed by atoms with van der Waals surface area (Å²) in [6.45, 7) is 8.71. The third-order valence-electron chi connectivity index (χ3n) is 8.96. The second kappa shape index (κ2) is 16.5. The molecule has 0 saturated carbocycles. The van der Waals surface area contributed by atoms with E-state index in [-0.39, 0.29) is 20.1 Å². The summed E-state index contributed by atoms with van der Waals surface area (Å²) in [6.07, 6.45) is 5.93. The second-order valence-corrected chi connectivity index (χ2v) is 14.4. The number of hydrogen-bond acceptors (Lipinski definition) is 3. The Bertz CT molecular complexity index is 2360. The zero-order chi connectivity index (χ0) is 34.5. The van der Waals surface area contributed by atoms with Crippen molar-refractivity contribution < 1.29 is 20.1 Å². The van der Waals surface area contributed by atoms with Crippen LogP contribution in [0.5, 0.6) is 0 Å². The molecular weight excluding hydrogens is 817 g/mol. The number of thiophene rings is 1. The number of fused-ring (bicyclic) bond motifs is 3. The van der Waals surface area contributed by atoms with Gasteiger partial charge in [0.15, 0.2) is 0 Å². The molecule has 0 amide bonds. The predicted octanol–water partition coefficient (Wildman–Crippen LogP) is 12.5. The molecule has 0 unspecified atom stereocenters. The third kappa shape index (κ3) is 8.60. The SMILES string of the molecule is Cc1c[c-]c(-c2cc(C)c(CC(C)C)cn2)cc1.[Ir].[c-]1ccc2c(sc3ccc(-c4ccccc4)cc32)c1-c1cc(Cc2ccccc2)ccn1. The van der Waals surface area contributed by atoms with Crippen molar-refractivity contribution in [2.24, 2.45) is 5.92 Å². The summed E-state index contributed by atoms with van der Waals surface area (Å²) >= 11 is 1.83. The Morgan fingerprint density at radius 1 is 0.686 bits per heavy atom. The maximum Gasteiger partial charge on any atom is 0.0240 e. The Hall–Kier alpha value is -4.73. The first-order chi connectivity index (χ1) is 24.4. The van der Waals surface area contributed by atoms with Crippen LogP contribution in [0, 0.1) is 31.9 Å². The minimum absolute atomic E-state index is 0. The Labute approximate surface area is 319 Å². The number of rotatable bonds is 7. The third-order valence-corrected chi connectivity index (χ3v) is 10.2. The summed E-state index contributed by atoms with van der Waals surface area (Å²) in [6, 6.07) is 51.5. The molecule has 0 aliphatic rings. The van der Waals surface area contributed by atoms with Gasteiger partial charge in [0, 0.05) is 37.2 Å². The summed E-state index contributed by atoms with van der Waals surface area (Å²) < 4.78 is 2.54. The van der Waals surface area contributed by atoms with Gasteiger partial charge in [-0.3, -0.25) is 0 Å². The van der Waals surface area contributed by atoms with Gasteiger partial charge in [-0.05, 0) is 93.2 Å². The zero-order valence-corrected chi connectivity index (χ0v) is 32.6. The van der Waals surface area contributed by atoms with Crippen molar-refractivity contribution in [1.82, 2.24) is 9.97 Å². The average Bonchev–Trinajstić information content (AvgIpc) is 3.52. The molecule has 8 rings (SSSR count). The molecule has 4 heteroatoms. The van der Waals surface area contributed by atoms with Crippen LogP contribution in [0.2, 0.25) is 0 Å². The molecule has 51 heavy (non-hydrogen) atoms. The Balaban J connectivity index is 0.000000202. The van der Waals surface area contributed by atoms with Gasteiger partial charge in [0.1, 0.15) is 0 Å². The first-order valence-corrected chi connectivity index (χ1v) is 18.1. The van der Waals surface area contributed by atoms with E-state index in [1.807, 2.05) is 35.9 Å². The van der Waals surface area contributed by atoms with Crippen LogP contribution in [0.25, 0.3) is 53.8 Å². The molecule has 0 N–H and O–H groups in total. The normalized spacial score (nSPS) is 10.9. The van der Waals surface area contributed by atoms with Gasteiger partial charge in [0.2, 0.25) is 0 Å². The minimum Gasteiger partial charge on any atom is -0.305 e. The van der Waals surface area contributed by atoms with Crippen molar-refractivity contribution >= 4 is 31.5 Å². The van der Waals surface area contributed by atoms with Crippen LogP contribution >= 0.6 is 11.3 Å². The van der Waals surface area contributed by atoms with Crippen LogP contribution in [-0.2, 0) is 32.9 Å². The Morgan fingerprint density at radius 3 is 2.20 bits per heavy atom. The molecule has 0 aliphatic heterocycles. The van der Waals surface area contributed by atoms with Crippen LogP contribution in [0.15, 0.2) is 140 Å². The summed E-state index contributed by atoms with van der Waals surface area (Å²) in [5, 5.41) is 2.56. The van der Waals surface area contributed by atoms with E-state index in [9.17, 15) is 0 Å². The molecule has 1 radical (unpaired) electrons. The molecule has 255 valence electrons. The van der Waals surface area contributed by atoms with Crippen LogP contribution in [0.4, 0.5) is 0 Å².